The average Bonchev–Trinajstić information content (AvgIpc) is 2.38. The first kappa shape index (κ1) is 13.0. The molecule has 6 heteroatoms. The van der Waals surface area contributed by atoms with Crippen LogP contribution in [0.3, 0.4) is 0 Å². The molecular formula is C12H21N5O. The molecule has 18 heavy (non-hydrogen) atoms. The minimum Gasteiger partial charge on any atom is -0.368 e. The van der Waals surface area contributed by atoms with Gasteiger partial charge < -0.3 is 15.5 Å². The molecule has 1 fully saturated rings. The van der Waals surface area contributed by atoms with Gasteiger partial charge >= 0.3 is 0 Å². The number of nitrogens with two attached hydrogens (primary N) is 1. The van der Waals surface area contributed by atoms with Crippen LogP contribution in [0.1, 0.15) is 6.42 Å². The first-order chi connectivity index (χ1) is 8.70. The molecule has 1 aliphatic rings. The van der Waals surface area contributed by atoms with Crippen LogP contribution in [-0.4, -0.2) is 54.5 Å². The van der Waals surface area contributed by atoms with Gasteiger partial charge in [0.05, 0.1) is 11.9 Å². The van der Waals surface area contributed by atoms with Crippen LogP contribution in [0.4, 0.5) is 5.69 Å². The summed E-state index contributed by atoms with van der Waals surface area (Å²) in [7, 11) is 2.11. The van der Waals surface area contributed by atoms with E-state index >= 15 is 0 Å². The van der Waals surface area contributed by atoms with Crippen LogP contribution in [-0.2, 0) is 6.54 Å². The van der Waals surface area contributed by atoms with Gasteiger partial charge in [0.15, 0.2) is 0 Å². The van der Waals surface area contributed by atoms with Gasteiger partial charge in [-0.1, -0.05) is 0 Å². The van der Waals surface area contributed by atoms with E-state index in [1.54, 1.807) is 12.3 Å². The molecule has 0 unspecified atom stereocenters. The van der Waals surface area contributed by atoms with Crippen molar-refractivity contribution in [3.05, 3.63) is 22.6 Å². The zero-order chi connectivity index (χ0) is 13.0. The van der Waals surface area contributed by atoms with E-state index in [2.05, 4.69) is 21.9 Å². The highest BCUT2D eigenvalue weighted by molar-refractivity contribution is 5.43. The maximum Gasteiger partial charge on any atom is 0.268 e. The maximum absolute atomic E-state index is 11.9. The van der Waals surface area contributed by atoms with Crippen molar-refractivity contribution in [2.45, 2.75) is 13.0 Å². The molecule has 2 heterocycles. The van der Waals surface area contributed by atoms with Crippen LogP contribution in [0.5, 0.6) is 0 Å². The summed E-state index contributed by atoms with van der Waals surface area (Å²) in [6.07, 6.45) is 2.56. The number of piperazine rings is 1. The van der Waals surface area contributed by atoms with Gasteiger partial charge in [-0.15, -0.1) is 0 Å². The second kappa shape index (κ2) is 5.97. The summed E-state index contributed by atoms with van der Waals surface area (Å²) < 4.78 is 1.48. The van der Waals surface area contributed by atoms with Crippen LogP contribution in [0.2, 0.25) is 0 Å². The number of aromatic nitrogens is 2. The third-order valence-corrected chi connectivity index (χ3v) is 3.30. The van der Waals surface area contributed by atoms with Crippen molar-refractivity contribution in [3.63, 3.8) is 0 Å². The molecule has 0 atom stereocenters. The molecular weight excluding hydrogens is 230 g/mol. The monoisotopic (exact) mass is 251 g/mol. The Balaban J connectivity index is 2.06. The smallest absolute Gasteiger partial charge is 0.268 e. The minimum absolute atomic E-state index is 0.0418. The normalized spacial score (nSPS) is 17.1. The summed E-state index contributed by atoms with van der Waals surface area (Å²) in [6.45, 7) is 5.12. The summed E-state index contributed by atoms with van der Waals surface area (Å²) in [5, 5.41) is 4.20. The Kier molecular flexibility index (Phi) is 4.33. The lowest BCUT2D eigenvalue weighted by atomic mass is 10.3. The molecule has 0 saturated carbocycles. The first-order valence-corrected chi connectivity index (χ1v) is 6.41. The van der Waals surface area contributed by atoms with Crippen molar-refractivity contribution < 1.29 is 0 Å². The molecule has 0 bridgehead atoms. The topological polar surface area (TPSA) is 67.4 Å². The van der Waals surface area contributed by atoms with E-state index in [0.29, 0.717) is 13.1 Å². The van der Waals surface area contributed by atoms with Crippen LogP contribution in [0, 0.1) is 0 Å². The van der Waals surface area contributed by atoms with Crippen molar-refractivity contribution in [1.29, 1.82) is 0 Å². The molecule has 0 aliphatic carbocycles. The standard InChI is InChI=1S/C12H21N5O/c1-15-5-7-16(8-6-15)11-9-12(18)17(14-10-11)4-2-3-13/h9-10H,2-8,13H2,1H3. The Bertz CT molecular complexity index is 436. The fraction of sp³-hybridized carbons (Fsp3) is 0.667. The maximum atomic E-state index is 11.9. The zero-order valence-electron chi connectivity index (χ0n) is 10.9. The molecule has 1 aromatic heterocycles. The number of rotatable bonds is 4. The van der Waals surface area contributed by atoms with Gasteiger partial charge in [-0.05, 0) is 20.0 Å². The molecule has 0 aromatic carbocycles. The Hall–Kier alpha value is -1.40. The van der Waals surface area contributed by atoms with E-state index in [1.165, 1.54) is 4.68 Å². The second-order valence-electron chi connectivity index (χ2n) is 4.71. The second-order valence-corrected chi connectivity index (χ2v) is 4.71. The van der Waals surface area contributed by atoms with Crippen molar-refractivity contribution in [2.24, 2.45) is 5.73 Å². The Morgan fingerprint density at radius 3 is 2.67 bits per heavy atom. The zero-order valence-corrected chi connectivity index (χ0v) is 10.9. The average molecular weight is 251 g/mol. The lowest BCUT2D eigenvalue weighted by Crippen LogP contribution is -2.45. The molecule has 0 radical (unpaired) electrons. The van der Waals surface area contributed by atoms with Crippen LogP contribution < -0.4 is 16.2 Å². The van der Waals surface area contributed by atoms with Crippen LogP contribution in [0.15, 0.2) is 17.1 Å². The number of anilines is 1. The van der Waals surface area contributed by atoms with E-state index in [-0.39, 0.29) is 5.56 Å². The van der Waals surface area contributed by atoms with E-state index in [1.807, 2.05) is 0 Å². The number of hydrogen-bond donors (Lipinski definition) is 1. The van der Waals surface area contributed by atoms with E-state index < -0.39 is 0 Å². The highest BCUT2D eigenvalue weighted by Gasteiger charge is 2.15. The van der Waals surface area contributed by atoms with Gasteiger partial charge in [-0.3, -0.25) is 4.79 Å². The summed E-state index contributed by atoms with van der Waals surface area (Å²) in [4.78, 5) is 16.4. The van der Waals surface area contributed by atoms with Gasteiger partial charge in [0.25, 0.3) is 5.56 Å². The van der Waals surface area contributed by atoms with Gasteiger partial charge in [-0.25, -0.2) is 4.68 Å². The number of likely N-dealkylation sites (N-methyl/N-ethyl adjacent to an activating group) is 1. The van der Waals surface area contributed by atoms with Crippen molar-refractivity contribution in [2.75, 3.05) is 44.7 Å². The van der Waals surface area contributed by atoms with E-state index in [4.69, 9.17) is 5.73 Å². The lowest BCUT2D eigenvalue weighted by molar-refractivity contribution is 0.312. The Morgan fingerprint density at radius 2 is 2.06 bits per heavy atom. The van der Waals surface area contributed by atoms with Gasteiger partial charge in [-0.2, -0.15) is 5.10 Å². The quantitative estimate of drug-likeness (QED) is 0.770. The third kappa shape index (κ3) is 3.08. The largest absolute Gasteiger partial charge is 0.368 e. The first-order valence-electron chi connectivity index (χ1n) is 6.41. The molecule has 1 aromatic rings. The Morgan fingerprint density at radius 1 is 1.33 bits per heavy atom. The Labute approximate surface area is 107 Å². The summed E-state index contributed by atoms with van der Waals surface area (Å²) in [5.74, 6) is 0. The molecule has 0 spiro atoms. The third-order valence-electron chi connectivity index (χ3n) is 3.30. The molecule has 100 valence electrons. The van der Waals surface area contributed by atoms with Crippen molar-refractivity contribution >= 4 is 5.69 Å². The molecule has 1 aliphatic heterocycles. The lowest BCUT2D eigenvalue weighted by Gasteiger charge is -2.33. The molecule has 1 saturated heterocycles. The van der Waals surface area contributed by atoms with Crippen LogP contribution >= 0.6 is 0 Å². The van der Waals surface area contributed by atoms with Crippen molar-refractivity contribution in [1.82, 2.24) is 14.7 Å². The fourth-order valence-corrected chi connectivity index (χ4v) is 2.07. The number of nitrogens with zero attached hydrogens (tertiary/aromatic N) is 4. The van der Waals surface area contributed by atoms with Gasteiger partial charge in [0, 0.05) is 38.8 Å². The highest BCUT2D eigenvalue weighted by atomic mass is 16.1. The molecule has 2 rings (SSSR count). The summed E-state index contributed by atoms with van der Waals surface area (Å²) in [6, 6.07) is 1.68. The van der Waals surface area contributed by atoms with E-state index in [0.717, 1.165) is 38.3 Å². The highest BCUT2D eigenvalue weighted by Crippen LogP contribution is 2.11. The number of aryl methyl sites for hydroxylation is 1. The fourth-order valence-electron chi connectivity index (χ4n) is 2.07. The predicted octanol–water partition coefficient (Wildman–Crippen LogP) is -0.656. The molecule has 6 nitrogen and oxygen atoms in total. The van der Waals surface area contributed by atoms with Gasteiger partial charge in [0.2, 0.25) is 0 Å². The SMILES string of the molecule is CN1CCN(c2cnn(CCCN)c(=O)c2)CC1. The minimum atomic E-state index is -0.0418. The van der Waals surface area contributed by atoms with Gasteiger partial charge in [0.1, 0.15) is 0 Å². The van der Waals surface area contributed by atoms with Crippen LogP contribution in [0.25, 0.3) is 0 Å². The van der Waals surface area contributed by atoms with E-state index in [9.17, 15) is 4.79 Å². The van der Waals surface area contributed by atoms with Crippen molar-refractivity contribution in [3.8, 4) is 0 Å². The number of hydrogen-bond acceptors (Lipinski definition) is 5. The molecule has 0 amide bonds. The predicted molar refractivity (Wildman–Crippen MR) is 71.9 cm³/mol. The summed E-state index contributed by atoms with van der Waals surface area (Å²) >= 11 is 0. The molecule has 2 N–H and O–H groups in total. The summed E-state index contributed by atoms with van der Waals surface area (Å²) in [5.41, 5.74) is 6.32.